The number of carbonyl (C=O) groups excluding carboxylic acids is 1. The predicted octanol–water partition coefficient (Wildman–Crippen LogP) is 0.632. The lowest BCUT2D eigenvalue weighted by Gasteiger charge is -2.09. The third-order valence-corrected chi connectivity index (χ3v) is 2.46. The van der Waals surface area contributed by atoms with Crippen LogP contribution in [0.25, 0.3) is 0 Å². The van der Waals surface area contributed by atoms with E-state index in [0.29, 0.717) is 6.54 Å². The second-order valence-corrected chi connectivity index (χ2v) is 4.10. The van der Waals surface area contributed by atoms with Gasteiger partial charge in [0.05, 0.1) is 21.5 Å². The van der Waals surface area contributed by atoms with Gasteiger partial charge in [0.2, 0.25) is 0 Å². The van der Waals surface area contributed by atoms with Gasteiger partial charge in [-0.15, -0.1) is 0 Å². The lowest BCUT2D eigenvalue weighted by Crippen LogP contribution is -2.46. The average Bonchev–Trinajstić information content (AvgIpc) is 2.44. The summed E-state index contributed by atoms with van der Waals surface area (Å²) < 4.78 is 0. The molecule has 0 aliphatic heterocycles. The van der Waals surface area contributed by atoms with Gasteiger partial charge >= 0.3 is 0 Å². The Balaban J connectivity index is 2.95. The van der Waals surface area contributed by atoms with Crippen LogP contribution in [-0.4, -0.2) is 27.4 Å². The Hall–Kier alpha value is -2.82. The van der Waals surface area contributed by atoms with Gasteiger partial charge in [-0.1, -0.05) is 0 Å². The molecule has 0 aromatic heterocycles. The van der Waals surface area contributed by atoms with Crippen LogP contribution >= 0.6 is 12.2 Å². The summed E-state index contributed by atoms with van der Waals surface area (Å²) in [4.78, 5) is 31.6. The first-order valence-corrected chi connectivity index (χ1v) is 6.04. The van der Waals surface area contributed by atoms with Crippen LogP contribution in [0.4, 0.5) is 11.4 Å². The number of non-ortho nitro benzene ring substituents is 2. The Kier molecular flexibility index (Phi) is 5.48. The SMILES string of the molecule is CCNC(=S)NNC(=O)c1cc([N+](=O)[O-])cc([N+](=O)[O-])c1. The molecule has 0 unspecified atom stereocenters. The topological polar surface area (TPSA) is 139 Å². The molecule has 0 radical (unpaired) electrons. The van der Waals surface area contributed by atoms with Crippen molar-refractivity contribution in [3.8, 4) is 0 Å². The largest absolute Gasteiger partial charge is 0.362 e. The summed E-state index contributed by atoms with van der Waals surface area (Å²) in [5, 5.41) is 24.3. The highest BCUT2D eigenvalue weighted by Gasteiger charge is 2.19. The van der Waals surface area contributed by atoms with Crippen LogP contribution in [0.1, 0.15) is 17.3 Å². The van der Waals surface area contributed by atoms with Crippen molar-refractivity contribution in [1.29, 1.82) is 0 Å². The maximum absolute atomic E-state index is 11.8. The smallest absolute Gasteiger partial charge is 0.277 e. The van der Waals surface area contributed by atoms with Crippen LogP contribution in [0, 0.1) is 20.2 Å². The van der Waals surface area contributed by atoms with Crippen molar-refractivity contribution in [1.82, 2.24) is 16.2 Å². The van der Waals surface area contributed by atoms with Crippen molar-refractivity contribution in [2.45, 2.75) is 6.92 Å². The number of nitrogens with one attached hydrogen (secondary N) is 3. The van der Waals surface area contributed by atoms with Crippen molar-refractivity contribution in [3.05, 3.63) is 44.0 Å². The van der Waals surface area contributed by atoms with Crippen LogP contribution < -0.4 is 16.2 Å². The van der Waals surface area contributed by atoms with Crippen molar-refractivity contribution in [3.63, 3.8) is 0 Å². The molecule has 0 heterocycles. The zero-order valence-corrected chi connectivity index (χ0v) is 11.6. The van der Waals surface area contributed by atoms with E-state index in [1.54, 1.807) is 6.92 Å². The number of hydrogen-bond donors (Lipinski definition) is 3. The minimum absolute atomic E-state index is 0.144. The zero-order valence-electron chi connectivity index (χ0n) is 10.8. The maximum Gasteiger partial charge on any atom is 0.277 e. The van der Waals surface area contributed by atoms with Gasteiger partial charge in [-0.25, -0.2) is 0 Å². The van der Waals surface area contributed by atoms with Gasteiger partial charge in [0.1, 0.15) is 0 Å². The van der Waals surface area contributed by atoms with Crippen molar-refractivity contribution >= 4 is 34.6 Å². The number of nitro benzene ring substituents is 2. The van der Waals surface area contributed by atoms with Crippen LogP contribution in [0.3, 0.4) is 0 Å². The fourth-order valence-electron chi connectivity index (χ4n) is 1.33. The molecule has 0 saturated heterocycles. The fraction of sp³-hybridized carbons (Fsp3) is 0.200. The molecule has 1 rings (SSSR count). The Morgan fingerprint density at radius 3 is 2.10 bits per heavy atom. The van der Waals surface area contributed by atoms with E-state index in [1.165, 1.54) is 0 Å². The number of nitro groups is 2. The molecule has 0 fully saturated rings. The summed E-state index contributed by atoms with van der Waals surface area (Å²) >= 11 is 4.80. The Morgan fingerprint density at radius 2 is 1.67 bits per heavy atom. The number of rotatable bonds is 4. The lowest BCUT2D eigenvalue weighted by molar-refractivity contribution is -0.394. The van der Waals surface area contributed by atoms with E-state index in [1.807, 2.05) is 0 Å². The van der Waals surface area contributed by atoms with Crippen LogP contribution in [0.2, 0.25) is 0 Å². The van der Waals surface area contributed by atoms with E-state index in [0.717, 1.165) is 18.2 Å². The van der Waals surface area contributed by atoms with E-state index < -0.39 is 27.1 Å². The number of hydrazine groups is 1. The Morgan fingerprint density at radius 1 is 1.14 bits per heavy atom. The molecule has 3 N–H and O–H groups in total. The minimum atomic E-state index is -0.819. The molecule has 0 saturated carbocycles. The number of carbonyl (C=O) groups is 1. The average molecular weight is 313 g/mol. The minimum Gasteiger partial charge on any atom is -0.362 e. The van der Waals surface area contributed by atoms with Crippen molar-refractivity contribution in [2.24, 2.45) is 0 Å². The third-order valence-electron chi connectivity index (χ3n) is 2.21. The standard InChI is InChI=1S/C10H11N5O5S/c1-2-11-10(21)13-12-9(16)6-3-7(14(17)18)5-8(4-6)15(19)20/h3-5H,2H2,1H3,(H,12,16)(H2,11,13,21). The van der Waals surface area contributed by atoms with Gasteiger partial charge in [-0.2, -0.15) is 0 Å². The molecule has 1 amide bonds. The van der Waals surface area contributed by atoms with E-state index in [-0.39, 0.29) is 10.7 Å². The van der Waals surface area contributed by atoms with Gasteiger partial charge in [0.25, 0.3) is 17.3 Å². The molecule has 21 heavy (non-hydrogen) atoms. The number of hydrogen-bond acceptors (Lipinski definition) is 6. The molecule has 112 valence electrons. The highest BCUT2D eigenvalue weighted by atomic mass is 32.1. The zero-order chi connectivity index (χ0) is 16.0. The summed E-state index contributed by atoms with van der Waals surface area (Å²) in [7, 11) is 0. The first-order chi connectivity index (χ1) is 9.85. The molecule has 1 aromatic rings. The molecular formula is C10H11N5O5S. The molecule has 0 aliphatic rings. The molecule has 0 aliphatic carbocycles. The lowest BCUT2D eigenvalue weighted by atomic mass is 10.1. The Bertz CT molecular complexity index is 573. The van der Waals surface area contributed by atoms with E-state index in [9.17, 15) is 25.0 Å². The quantitative estimate of drug-likeness (QED) is 0.418. The molecule has 0 spiro atoms. The molecule has 0 bridgehead atoms. The summed E-state index contributed by atoms with van der Waals surface area (Å²) in [6.07, 6.45) is 0. The van der Waals surface area contributed by atoms with Gasteiger partial charge in [-0.05, 0) is 19.1 Å². The Labute approximate surface area is 123 Å². The van der Waals surface area contributed by atoms with Gasteiger partial charge < -0.3 is 5.32 Å². The highest BCUT2D eigenvalue weighted by molar-refractivity contribution is 7.80. The van der Waals surface area contributed by atoms with Crippen molar-refractivity contribution < 1.29 is 14.6 Å². The van der Waals surface area contributed by atoms with Gasteiger partial charge in [0.15, 0.2) is 5.11 Å². The molecule has 10 nitrogen and oxygen atoms in total. The van der Waals surface area contributed by atoms with Crippen LogP contribution in [-0.2, 0) is 0 Å². The highest BCUT2D eigenvalue weighted by Crippen LogP contribution is 2.22. The number of benzene rings is 1. The number of nitrogens with zero attached hydrogens (tertiary/aromatic N) is 2. The normalized spacial score (nSPS) is 9.57. The molecule has 11 heteroatoms. The summed E-state index contributed by atoms with van der Waals surface area (Å²) in [6.45, 7) is 2.32. The number of thiocarbonyl (C=S) groups is 1. The molecule has 1 aromatic carbocycles. The van der Waals surface area contributed by atoms with Crippen LogP contribution in [0.15, 0.2) is 18.2 Å². The monoisotopic (exact) mass is 313 g/mol. The second-order valence-electron chi connectivity index (χ2n) is 3.69. The van der Waals surface area contributed by atoms with E-state index in [4.69, 9.17) is 12.2 Å². The molecular weight excluding hydrogens is 302 g/mol. The first-order valence-electron chi connectivity index (χ1n) is 5.63. The summed E-state index contributed by atoms with van der Waals surface area (Å²) in [6, 6.07) is 2.63. The first kappa shape index (κ1) is 16.2. The van der Waals surface area contributed by atoms with E-state index in [2.05, 4.69) is 16.2 Å². The third kappa shape index (κ3) is 4.65. The van der Waals surface area contributed by atoms with E-state index >= 15 is 0 Å². The summed E-state index contributed by atoms with van der Waals surface area (Å²) in [5.41, 5.74) is 3.20. The van der Waals surface area contributed by atoms with Gasteiger partial charge in [0, 0.05) is 18.7 Å². The predicted molar refractivity (Wildman–Crippen MR) is 76.6 cm³/mol. The maximum atomic E-state index is 11.8. The molecule has 0 atom stereocenters. The summed E-state index contributed by atoms with van der Waals surface area (Å²) in [5.74, 6) is -0.790. The number of amides is 1. The fourth-order valence-corrected chi connectivity index (χ4v) is 1.52. The van der Waals surface area contributed by atoms with Crippen LogP contribution in [0.5, 0.6) is 0 Å². The van der Waals surface area contributed by atoms with Crippen molar-refractivity contribution in [2.75, 3.05) is 6.54 Å². The second kappa shape index (κ2) is 7.09. The van der Waals surface area contributed by atoms with Gasteiger partial charge in [-0.3, -0.25) is 35.9 Å².